The fraction of sp³-hybridized carbons (Fsp3) is 0.107. The summed E-state index contributed by atoms with van der Waals surface area (Å²) >= 11 is 1.52. The number of halogens is 1. The molecule has 0 radical (unpaired) electrons. The van der Waals surface area contributed by atoms with Crippen LogP contribution in [0.5, 0.6) is 0 Å². The van der Waals surface area contributed by atoms with E-state index in [1.165, 1.54) is 35.6 Å². The maximum absolute atomic E-state index is 13.4. The number of hydrogen-bond acceptors (Lipinski definition) is 4. The number of benzene rings is 2. The Hall–Kier alpha value is -4.10. The molecule has 1 N–H and O–H groups in total. The van der Waals surface area contributed by atoms with E-state index in [0.29, 0.717) is 17.7 Å². The second-order valence-electron chi connectivity index (χ2n) is 8.23. The minimum absolute atomic E-state index is 0.0338. The molecule has 5 nitrogen and oxygen atoms in total. The first-order chi connectivity index (χ1) is 16.9. The van der Waals surface area contributed by atoms with E-state index in [2.05, 4.69) is 0 Å². The first kappa shape index (κ1) is 22.7. The molecular weight excluding hydrogens is 463 g/mol. The van der Waals surface area contributed by atoms with Crippen LogP contribution in [0.1, 0.15) is 45.0 Å². The first-order valence-corrected chi connectivity index (χ1v) is 11.9. The Labute approximate surface area is 204 Å². The summed E-state index contributed by atoms with van der Waals surface area (Å²) in [4.78, 5) is 29.6. The van der Waals surface area contributed by atoms with Crippen LogP contribution >= 0.6 is 11.3 Å². The molecule has 7 heteroatoms. The standard InChI is InChI=1S/C28H21FN2O3S/c1-17-21(16-19(11-14-25(32)33)28-30-22-6-2-3-8-24(22)35-28)23-7-4-5-15-31(23)26(17)27(34)18-9-12-20(29)13-10-18/h2-10,12-13,15-16H,11,14H2,1H3,(H,32,33). The van der Waals surface area contributed by atoms with E-state index in [0.717, 1.165) is 37.4 Å². The summed E-state index contributed by atoms with van der Waals surface area (Å²) in [5.41, 5.74) is 4.96. The minimum atomic E-state index is -0.886. The Bertz CT molecular complexity index is 1580. The number of thiazole rings is 1. The molecular formula is C28H21FN2O3S. The fourth-order valence-corrected chi connectivity index (χ4v) is 5.23. The number of ketones is 1. The van der Waals surface area contributed by atoms with E-state index in [-0.39, 0.29) is 12.2 Å². The molecule has 174 valence electrons. The van der Waals surface area contributed by atoms with Gasteiger partial charge in [-0.3, -0.25) is 9.59 Å². The van der Waals surface area contributed by atoms with Gasteiger partial charge in [-0.1, -0.05) is 18.2 Å². The van der Waals surface area contributed by atoms with E-state index in [4.69, 9.17) is 4.98 Å². The summed E-state index contributed by atoms with van der Waals surface area (Å²) in [7, 11) is 0. The zero-order chi connectivity index (χ0) is 24.5. The quantitative estimate of drug-likeness (QED) is 0.263. The van der Waals surface area contributed by atoms with Crippen molar-refractivity contribution in [2.75, 3.05) is 0 Å². The molecule has 0 bridgehead atoms. The Morgan fingerprint density at radius 2 is 1.77 bits per heavy atom. The van der Waals surface area contributed by atoms with Crippen LogP contribution in [0.15, 0.2) is 72.9 Å². The Morgan fingerprint density at radius 3 is 2.51 bits per heavy atom. The van der Waals surface area contributed by atoms with Gasteiger partial charge >= 0.3 is 5.97 Å². The summed E-state index contributed by atoms with van der Waals surface area (Å²) in [6, 6.07) is 19.0. The number of aromatic nitrogens is 2. The number of allylic oxidation sites excluding steroid dienone is 1. The van der Waals surface area contributed by atoms with Crippen molar-refractivity contribution < 1.29 is 19.1 Å². The Kier molecular flexibility index (Phi) is 6.01. The topological polar surface area (TPSA) is 71.7 Å². The van der Waals surface area contributed by atoms with Crippen molar-refractivity contribution in [2.24, 2.45) is 0 Å². The lowest BCUT2D eigenvalue weighted by atomic mass is 10.0. The van der Waals surface area contributed by atoms with Gasteiger partial charge in [0, 0.05) is 23.7 Å². The molecule has 0 aliphatic heterocycles. The second kappa shape index (κ2) is 9.27. The van der Waals surface area contributed by atoms with Crippen molar-refractivity contribution in [3.63, 3.8) is 0 Å². The molecule has 0 unspecified atom stereocenters. The molecule has 5 rings (SSSR count). The molecule has 0 fully saturated rings. The smallest absolute Gasteiger partial charge is 0.303 e. The average Bonchev–Trinajstić information content (AvgIpc) is 3.40. The second-order valence-corrected chi connectivity index (χ2v) is 9.26. The van der Waals surface area contributed by atoms with Gasteiger partial charge in [-0.2, -0.15) is 0 Å². The van der Waals surface area contributed by atoms with Gasteiger partial charge in [0.15, 0.2) is 0 Å². The highest BCUT2D eigenvalue weighted by Gasteiger charge is 2.22. The van der Waals surface area contributed by atoms with Crippen molar-refractivity contribution in [1.82, 2.24) is 9.38 Å². The molecule has 0 saturated heterocycles. The monoisotopic (exact) mass is 484 g/mol. The fourth-order valence-electron chi connectivity index (χ4n) is 4.22. The molecule has 3 aromatic heterocycles. The summed E-state index contributed by atoms with van der Waals surface area (Å²) in [5.74, 6) is -1.50. The molecule has 5 aromatic rings. The van der Waals surface area contributed by atoms with Gasteiger partial charge in [-0.05, 0) is 79.1 Å². The molecule has 0 atom stereocenters. The van der Waals surface area contributed by atoms with Crippen molar-refractivity contribution in [3.8, 4) is 0 Å². The largest absolute Gasteiger partial charge is 0.481 e. The van der Waals surface area contributed by atoms with E-state index < -0.39 is 11.8 Å². The van der Waals surface area contributed by atoms with Crippen LogP contribution in [0.3, 0.4) is 0 Å². The Morgan fingerprint density at radius 1 is 1.03 bits per heavy atom. The molecule has 2 aromatic carbocycles. The molecule has 0 aliphatic rings. The number of carboxylic acid groups (broad SMARTS) is 1. The first-order valence-electron chi connectivity index (χ1n) is 11.1. The number of carbonyl (C=O) groups is 2. The van der Waals surface area contributed by atoms with Crippen LogP contribution < -0.4 is 0 Å². The molecule has 0 amide bonds. The number of aliphatic carboxylic acids is 1. The third-order valence-corrected chi connectivity index (χ3v) is 7.06. The van der Waals surface area contributed by atoms with Gasteiger partial charge in [0.1, 0.15) is 10.8 Å². The molecule has 0 saturated carbocycles. The maximum atomic E-state index is 13.4. The molecule has 0 aliphatic carbocycles. The number of nitrogens with zero attached hydrogens (tertiary/aromatic N) is 2. The lowest BCUT2D eigenvalue weighted by molar-refractivity contribution is -0.136. The van der Waals surface area contributed by atoms with Crippen LogP contribution in [0, 0.1) is 12.7 Å². The summed E-state index contributed by atoms with van der Waals surface area (Å²) in [6.07, 6.45) is 4.05. The SMILES string of the molecule is Cc1c(C=C(CCC(=O)O)c2nc3ccccc3s2)c2ccccn2c1C(=O)c1ccc(F)cc1. The van der Waals surface area contributed by atoms with E-state index >= 15 is 0 Å². The van der Waals surface area contributed by atoms with Crippen LogP contribution in [0.4, 0.5) is 4.39 Å². The number of carbonyl (C=O) groups excluding carboxylic acids is 1. The highest BCUT2D eigenvalue weighted by molar-refractivity contribution is 7.19. The third kappa shape index (κ3) is 4.38. The van der Waals surface area contributed by atoms with E-state index in [9.17, 15) is 19.1 Å². The van der Waals surface area contributed by atoms with E-state index in [1.54, 1.807) is 0 Å². The van der Waals surface area contributed by atoms with Crippen molar-refractivity contribution in [1.29, 1.82) is 0 Å². The van der Waals surface area contributed by atoms with Crippen molar-refractivity contribution >= 4 is 50.5 Å². The Balaban J connectivity index is 1.68. The van der Waals surface area contributed by atoms with Crippen LogP contribution in [0.2, 0.25) is 0 Å². The number of fused-ring (bicyclic) bond motifs is 2. The van der Waals surface area contributed by atoms with Gasteiger partial charge in [0.05, 0.1) is 21.4 Å². The van der Waals surface area contributed by atoms with Gasteiger partial charge in [0.2, 0.25) is 5.78 Å². The van der Waals surface area contributed by atoms with Gasteiger partial charge in [-0.25, -0.2) is 9.37 Å². The summed E-state index contributed by atoms with van der Waals surface area (Å²) < 4.78 is 16.3. The van der Waals surface area contributed by atoms with Gasteiger partial charge < -0.3 is 9.51 Å². The number of para-hydroxylation sites is 1. The van der Waals surface area contributed by atoms with Crippen LogP contribution in [-0.4, -0.2) is 26.2 Å². The third-order valence-electron chi connectivity index (χ3n) is 5.95. The maximum Gasteiger partial charge on any atom is 0.303 e. The lowest BCUT2D eigenvalue weighted by Crippen LogP contribution is -2.06. The summed E-state index contributed by atoms with van der Waals surface area (Å²) in [5, 5.41) is 10.1. The number of carboxylic acids is 1. The average molecular weight is 485 g/mol. The highest BCUT2D eigenvalue weighted by atomic mass is 32.1. The molecule has 0 spiro atoms. The van der Waals surface area contributed by atoms with Gasteiger partial charge in [-0.15, -0.1) is 11.3 Å². The molecule has 3 heterocycles. The normalized spacial score (nSPS) is 11.9. The summed E-state index contributed by atoms with van der Waals surface area (Å²) in [6.45, 7) is 1.88. The predicted octanol–water partition coefficient (Wildman–Crippen LogP) is 6.63. The predicted molar refractivity (Wildman–Crippen MR) is 136 cm³/mol. The van der Waals surface area contributed by atoms with Crippen molar-refractivity contribution in [3.05, 3.63) is 106 Å². The number of rotatable bonds is 7. The van der Waals surface area contributed by atoms with E-state index in [1.807, 2.05) is 66.1 Å². The van der Waals surface area contributed by atoms with Gasteiger partial charge in [0.25, 0.3) is 0 Å². The lowest BCUT2D eigenvalue weighted by Gasteiger charge is -2.04. The zero-order valence-corrected chi connectivity index (χ0v) is 19.7. The van der Waals surface area contributed by atoms with Crippen molar-refractivity contribution in [2.45, 2.75) is 19.8 Å². The highest BCUT2D eigenvalue weighted by Crippen LogP contribution is 2.34. The number of hydrogen-bond donors (Lipinski definition) is 1. The minimum Gasteiger partial charge on any atom is -0.481 e. The van der Waals surface area contributed by atoms with Crippen LogP contribution in [0.25, 0.3) is 27.4 Å². The molecule has 35 heavy (non-hydrogen) atoms. The van der Waals surface area contributed by atoms with Crippen LogP contribution in [-0.2, 0) is 4.79 Å². The number of pyridine rings is 1. The zero-order valence-electron chi connectivity index (χ0n) is 18.9.